The summed E-state index contributed by atoms with van der Waals surface area (Å²) in [4.78, 5) is 12.7. The molecule has 1 amide bonds. The summed E-state index contributed by atoms with van der Waals surface area (Å²) >= 11 is 0. The summed E-state index contributed by atoms with van der Waals surface area (Å²) in [6.45, 7) is 0.701. The second-order valence-electron chi connectivity index (χ2n) is 7.62. The molecule has 0 saturated carbocycles. The van der Waals surface area contributed by atoms with E-state index in [1.165, 1.54) is 4.31 Å². The second-order valence-corrected chi connectivity index (χ2v) is 9.71. The van der Waals surface area contributed by atoms with Crippen molar-refractivity contribution >= 4 is 21.6 Å². The highest BCUT2D eigenvalue weighted by molar-refractivity contribution is 7.89. The second kappa shape index (κ2) is 10.4. The molecule has 6 nitrogen and oxygen atoms in total. The fourth-order valence-electron chi connectivity index (χ4n) is 3.68. The van der Waals surface area contributed by atoms with Crippen LogP contribution in [-0.2, 0) is 27.7 Å². The third kappa shape index (κ3) is 6.15. The van der Waals surface area contributed by atoms with E-state index in [0.29, 0.717) is 37.9 Å². The predicted molar refractivity (Wildman–Crippen MR) is 117 cm³/mol. The predicted octanol–water partition coefficient (Wildman–Crippen LogP) is 3.37. The van der Waals surface area contributed by atoms with Gasteiger partial charge in [0.2, 0.25) is 15.9 Å². The molecule has 0 aliphatic carbocycles. The molecule has 1 fully saturated rings. The Bertz CT molecular complexity index is 983. The van der Waals surface area contributed by atoms with Crippen LogP contribution in [0.4, 0.5) is 5.69 Å². The van der Waals surface area contributed by atoms with Crippen molar-refractivity contribution in [1.29, 1.82) is 5.26 Å². The number of hydrogen-bond acceptors (Lipinski definition) is 4. The number of hydrogen-bond donors (Lipinski definition) is 1. The van der Waals surface area contributed by atoms with Gasteiger partial charge in [-0.05, 0) is 48.9 Å². The van der Waals surface area contributed by atoms with Gasteiger partial charge in [0.1, 0.15) is 0 Å². The summed E-state index contributed by atoms with van der Waals surface area (Å²) in [7, 11) is -3.38. The molecule has 30 heavy (non-hydrogen) atoms. The summed E-state index contributed by atoms with van der Waals surface area (Å²) in [5, 5.41) is 11.6. The van der Waals surface area contributed by atoms with Crippen LogP contribution in [0.5, 0.6) is 0 Å². The molecular formula is C23H27N3O3S. The Hall–Kier alpha value is -2.69. The zero-order valence-corrected chi connectivity index (χ0v) is 17.8. The minimum absolute atomic E-state index is 0.0938. The fraction of sp³-hybridized carbons (Fsp3) is 0.391. The first-order valence-electron chi connectivity index (χ1n) is 10.3. The molecule has 158 valence electrons. The molecule has 3 rings (SSSR count). The van der Waals surface area contributed by atoms with Gasteiger partial charge in [0.15, 0.2) is 0 Å². The summed E-state index contributed by atoms with van der Waals surface area (Å²) in [6, 6.07) is 19.1. The summed E-state index contributed by atoms with van der Waals surface area (Å²) in [5.41, 5.74) is 2.68. The lowest BCUT2D eigenvalue weighted by Crippen LogP contribution is -2.44. The average molecular weight is 426 g/mol. The zero-order chi connectivity index (χ0) is 21.4. The van der Waals surface area contributed by atoms with Gasteiger partial charge in [-0.15, -0.1) is 0 Å². The van der Waals surface area contributed by atoms with Gasteiger partial charge in [-0.3, -0.25) is 4.79 Å². The molecule has 0 radical (unpaired) electrons. The van der Waals surface area contributed by atoms with Crippen molar-refractivity contribution in [2.24, 2.45) is 5.92 Å². The highest BCUT2D eigenvalue weighted by Crippen LogP contribution is 2.22. The maximum atomic E-state index is 12.8. The molecule has 0 aromatic heterocycles. The molecule has 1 saturated heterocycles. The normalized spacial score (nSPS) is 17.2. The Balaban J connectivity index is 1.53. The van der Waals surface area contributed by atoms with Gasteiger partial charge in [0.25, 0.3) is 0 Å². The molecule has 0 unspecified atom stereocenters. The van der Waals surface area contributed by atoms with Crippen LogP contribution in [-0.4, -0.2) is 37.5 Å². The van der Waals surface area contributed by atoms with Gasteiger partial charge < -0.3 is 5.32 Å². The van der Waals surface area contributed by atoms with E-state index in [9.17, 15) is 13.2 Å². The van der Waals surface area contributed by atoms with Crippen LogP contribution in [0.3, 0.4) is 0 Å². The van der Waals surface area contributed by atoms with E-state index in [1.807, 2.05) is 42.5 Å². The van der Waals surface area contributed by atoms with E-state index < -0.39 is 10.0 Å². The van der Waals surface area contributed by atoms with Crippen molar-refractivity contribution in [2.45, 2.75) is 32.1 Å². The first-order chi connectivity index (χ1) is 14.5. The number of rotatable bonds is 8. The number of nitrogens with one attached hydrogen (secondary N) is 1. The van der Waals surface area contributed by atoms with Gasteiger partial charge in [-0.1, -0.05) is 42.5 Å². The highest BCUT2D eigenvalue weighted by Gasteiger charge is 2.32. The first kappa shape index (κ1) is 22.0. The number of benzene rings is 2. The lowest BCUT2D eigenvalue weighted by atomic mass is 9.98. The molecule has 2 aromatic rings. The minimum atomic E-state index is -3.38. The van der Waals surface area contributed by atoms with E-state index in [-0.39, 0.29) is 24.1 Å². The van der Waals surface area contributed by atoms with Crippen LogP contribution in [0.25, 0.3) is 0 Å². The quantitative estimate of drug-likeness (QED) is 0.702. The number of sulfonamides is 1. The van der Waals surface area contributed by atoms with E-state index in [2.05, 4.69) is 11.4 Å². The highest BCUT2D eigenvalue weighted by atomic mass is 32.2. The number of carbonyl (C=O) groups is 1. The minimum Gasteiger partial charge on any atom is -0.326 e. The Labute approximate surface area is 178 Å². The molecule has 7 heteroatoms. The average Bonchev–Trinajstić information content (AvgIpc) is 2.76. The monoisotopic (exact) mass is 425 g/mol. The van der Waals surface area contributed by atoms with Crippen molar-refractivity contribution < 1.29 is 13.2 Å². The molecular weight excluding hydrogens is 398 g/mol. The van der Waals surface area contributed by atoms with Crippen molar-refractivity contribution in [2.75, 3.05) is 24.2 Å². The van der Waals surface area contributed by atoms with Crippen LogP contribution in [0.2, 0.25) is 0 Å². The molecule has 0 spiro atoms. The number of piperidine rings is 1. The van der Waals surface area contributed by atoms with Crippen molar-refractivity contribution in [3.05, 3.63) is 65.7 Å². The molecule has 1 atom stereocenters. The maximum absolute atomic E-state index is 12.8. The SMILES string of the molecule is N#CCc1ccc(NC(=O)[C@H]2CCCN(S(=O)(=O)CCCc3ccccc3)C2)cc1. The Morgan fingerprint density at radius 2 is 1.83 bits per heavy atom. The molecule has 0 bridgehead atoms. The third-order valence-corrected chi connectivity index (χ3v) is 7.29. The van der Waals surface area contributed by atoms with Crippen molar-refractivity contribution in [3.63, 3.8) is 0 Å². The smallest absolute Gasteiger partial charge is 0.228 e. The Morgan fingerprint density at radius 3 is 2.53 bits per heavy atom. The van der Waals surface area contributed by atoms with Crippen molar-refractivity contribution in [3.8, 4) is 6.07 Å². The topological polar surface area (TPSA) is 90.3 Å². The van der Waals surface area contributed by atoms with Crippen LogP contribution < -0.4 is 5.32 Å². The number of nitriles is 1. The summed E-state index contributed by atoms with van der Waals surface area (Å²) < 4.78 is 27.0. The first-order valence-corrected chi connectivity index (χ1v) is 11.9. The standard InChI is InChI=1S/C23H27N3O3S/c24-15-14-20-10-12-22(13-11-20)25-23(27)21-9-4-16-26(18-21)30(28,29)17-5-8-19-6-2-1-3-7-19/h1-3,6-7,10-13,21H,4-5,8-9,14,16-18H2,(H,25,27)/t21-/m0/s1. The van der Waals surface area contributed by atoms with Gasteiger partial charge in [-0.2, -0.15) is 5.26 Å². The van der Waals surface area contributed by atoms with Gasteiger partial charge in [0, 0.05) is 18.8 Å². The molecule has 1 N–H and O–H groups in total. The van der Waals surface area contributed by atoms with Crippen LogP contribution >= 0.6 is 0 Å². The lowest BCUT2D eigenvalue weighted by Gasteiger charge is -2.31. The summed E-state index contributed by atoms with van der Waals surface area (Å²) in [5.74, 6) is -0.426. The third-order valence-electron chi connectivity index (χ3n) is 5.36. The number of anilines is 1. The van der Waals surface area contributed by atoms with Crippen LogP contribution in [0.15, 0.2) is 54.6 Å². The fourth-order valence-corrected chi connectivity index (χ4v) is 5.26. The number of amides is 1. The molecule has 1 aliphatic heterocycles. The number of nitrogens with zero attached hydrogens (tertiary/aromatic N) is 2. The molecule has 1 heterocycles. The largest absolute Gasteiger partial charge is 0.326 e. The van der Waals surface area contributed by atoms with Gasteiger partial charge >= 0.3 is 0 Å². The Morgan fingerprint density at radius 1 is 1.10 bits per heavy atom. The van der Waals surface area contributed by atoms with Crippen LogP contribution in [0, 0.1) is 17.2 Å². The summed E-state index contributed by atoms with van der Waals surface area (Å²) in [6.07, 6.45) is 2.97. The van der Waals surface area contributed by atoms with E-state index in [1.54, 1.807) is 12.1 Å². The molecule has 1 aliphatic rings. The molecule has 2 aromatic carbocycles. The number of carbonyl (C=O) groups excluding carboxylic acids is 1. The van der Waals surface area contributed by atoms with Crippen LogP contribution in [0.1, 0.15) is 30.4 Å². The van der Waals surface area contributed by atoms with Gasteiger partial charge in [-0.25, -0.2) is 12.7 Å². The van der Waals surface area contributed by atoms with E-state index in [0.717, 1.165) is 17.5 Å². The maximum Gasteiger partial charge on any atom is 0.228 e. The Kier molecular flexibility index (Phi) is 7.61. The lowest BCUT2D eigenvalue weighted by molar-refractivity contribution is -0.120. The van der Waals surface area contributed by atoms with E-state index >= 15 is 0 Å². The zero-order valence-electron chi connectivity index (χ0n) is 17.0. The van der Waals surface area contributed by atoms with E-state index in [4.69, 9.17) is 5.26 Å². The number of aryl methyl sites for hydroxylation is 1. The van der Waals surface area contributed by atoms with Gasteiger partial charge in [0.05, 0.1) is 24.2 Å². The van der Waals surface area contributed by atoms with Crippen molar-refractivity contribution in [1.82, 2.24) is 4.31 Å².